The van der Waals surface area contributed by atoms with Crippen LogP contribution in [0.2, 0.25) is 0 Å². The van der Waals surface area contributed by atoms with Crippen molar-refractivity contribution in [2.75, 3.05) is 5.32 Å². The standard InChI is InChI=1S/C13H13BrN2/c1-10-4-2-3-5-11(10)8-15-13-7-6-12(14)9-16-13/h2-7,9H,8H2,1H3,(H,15,16). The molecule has 0 aliphatic rings. The Hall–Kier alpha value is -1.35. The highest BCUT2D eigenvalue weighted by molar-refractivity contribution is 9.10. The Morgan fingerprint density at radius 2 is 2.00 bits per heavy atom. The van der Waals surface area contributed by atoms with Crippen LogP contribution < -0.4 is 5.32 Å². The summed E-state index contributed by atoms with van der Waals surface area (Å²) in [6, 6.07) is 12.3. The number of hydrogen-bond acceptors (Lipinski definition) is 2. The van der Waals surface area contributed by atoms with Gasteiger partial charge in [0.25, 0.3) is 0 Å². The van der Waals surface area contributed by atoms with Crippen molar-refractivity contribution in [1.29, 1.82) is 0 Å². The highest BCUT2D eigenvalue weighted by atomic mass is 79.9. The van der Waals surface area contributed by atoms with Crippen LogP contribution in [-0.2, 0) is 6.54 Å². The summed E-state index contributed by atoms with van der Waals surface area (Å²) < 4.78 is 0.994. The molecule has 1 N–H and O–H groups in total. The van der Waals surface area contributed by atoms with Gasteiger partial charge in [-0.05, 0) is 46.1 Å². The number of aryl methyl sites for hydroxylation is 1. The summed E-state index contributed by atoms with van der Waals surface area (Å²) in [5.74, 6) is 0.895. The molecule has 1 heterocycles. The van der Waals surface area contributed by atoms with E-state index in [-0.39, 0.29) is 0 Å². The first-order valence-corrected chi connectivity index (χ1v) is 5.95. The first-order chi connectivity index (χ1) is 7.75. The van der Waals surface area contributed by atoms with Crippen molar-refractivity contribution in [2.24, 2.45) is 0 Å². The smallest absolute Gasteiger partial charge is 0.126 e. The van der Waals surface area contributed by atoms with Gasteiger partial charge >= 0.3 is 0 Å². The Kier molecular flexibility index (Phi) is 3.57. The molecule has 16 heavy (non-hydrogen) atoms. The van der Waals surface area contributed by atoms with E-state index < -0.39 is 0 Å². The van der Waals surface area contributed by atoms with Crippen LogP contribution in [0.4, 0.5) is 5.82 Å². The third-order valence-electron chi connectivity index (χ3n) is 2.45. The van der Waals surface area contributed by atoms with Crippen molar-refractivity contribution in [3.05, 3.63) is 58.2 Å². The number of nitrogens with zero attached hydrogens (tertiary/aromatic N) is 1. The van der Waals surface area contributed by atoms with Crippen molar-refractivity contribution in [1.82, 2.24) is 4.98 Å². The van der Waals surface area contributed by atoms with E-state index in [4.69, 9.17) is 0 Å². The zero-order valence-corrected chi connectivity index (χ0v) is 10.7. The number of benzene rings is 1. The summed E-state index contributed by atoms with van der Waals surface area (Å²) in [7, 11) is 0. The van der Waals surface area contributed by atoms with Crippen LogP contribution in [0.15, 0.2) is 47.1 Å². The maximum Gasteiger partial charge on any atom is 0.126 e. The molecule has 82 valence electrons. The van der Waals surface area contributed by atoms with E-state index in [1.54, 1.807) is 6.20 Å². The third-order valence-corrected chi connectivity index (χ3v) is 2.92. The fourth-order valence-corrected chi connectivity index (χ4v) is 1.71. The molecule has 0 fully saturated rings. The topological polar surface area (TPSA) is 24.9 Å². The summed E-state index contributed by atoms with van der Waals surface area (Å²) >= 11 is 3.36. The molecule has 0 unspecified atom stereocenters. The van der Waals surface area contributed by atoms with Crippen molar-refractivity contribution >= 4 is 21.7 Å². The quantitative estimate of drug-likeness (QED) is 0.923. The first kappa shape index (κ1) is 11.1. The Morgan fingerprint density at radius 3 is 2.69 bits per heavy atom. The Labute approximate surface area is 104 Å². The summed E-state index contributed by atoms with van der Waals surface area (Å²) in [6.07, 6.45) is 1.79. The Bertz CT molecular complexity index is 466. The van der Waals surface area contributed by atoms with Crippen molar-refractivity contribution < 1.29 is 0 Å². The minimum absolute atomic E-state index is 0.807. The lowest BCUT2D eigenvalue weighted by molar-refractivity contribution is 1.09. The summed E-state index contributed by atoms with van der Waals surface area (Å²) in [6.45, 7) is 2.92. The molecule has 0 spiro atoms. The molecule has 0 bridgehead atoms. The second-order valence-corrected chi connectivity index (χ2v) is 4.56. The van der Waals surface area contributed by atoms with Crippen LogP contribution in [0.1, 0.15) is 11.1 Å². The molecule has 0 saturated heterocycles. The molecule has 2 rings (SSSR count). The second-order valence-electron chi connectivity index (χ2n) is 3.64. The lowest BCUT2D eigenvalue weighted by atomic mass is 10.1. The van der Waals surface area contributed by atoms with Crippen LogP contribution in [0, 0.1) is 6.92 Å². The van der Waals surface area contributed by atoms with Gasteiger partial charge in [-0.15, -0.1) is 0 Å². The van der Waals surface area contributed by atoms with Crippen LogP contribution in [-0.4, -0.2) is 4.98 Å². The molecule has 0 atom stereocenters. The molecule has 2 nitrogen and oxygen atoms in total. The largest absolute Gasteiger partial charge is 0.366 e. The predicted octanol–water partition coefficient (Wildman–Crippen LogP) is 3.76. The van der Waals surface area contributed by atoms with Gasteiger partial charge in [-0.25, -0.2) is 4.98 Å². The molecule has 0 radical (unpaired) electrons. The Morgan fingerprint density at radius 1 is 1.19 bits per heavy atom. The number of aromatic nitrogens is 1. The lowest BCUT2D eigenvalue weighted by Crippen LogP contribution is -2.02. The fraction of sp³-hybridized carbons (Fsp3) is 0.154. The minimum atomic E-state index is 0.807. The molecule has 1 aromatic carbocycles. The van der Waals surface area contributed by atoms with E-state index in [0.717, 1.165) is 16.8 Å². The van der Waals surface area contributed by atoms with Crippen molar-refractivity contribution in [3.8, 4) is 0 Å². The lowest BCUT2D eigenvalue weighted by Gasteiger charge is -2.07. The third kappa shape index (κ3) is 2.83. The van der Waals surface area contributed by atoms with Gasteiger partial charge in [-0.1, -0.05) is 24.3 Å². The van der Waals surface area contributed by atoms with Crippen LogP contribution in [0.5, 0.6) is 0 Å². The average molecular weight is 277 g/mol. The van der Waals surface area contributed by atoms with Crippen LogP contribution >= 0.6 is 15.9 Å². The SMILES string of the molecule is Cc1ccccc1CNc1ccc(Br)cn1. The molecule has 2 aromatic rings. The van der Waals surface area contributed by atoms with E-state index in [1.807, 2.05) is 12.1 Å². The average Bonchev–Trinajstić information content (AvgIpc) is 2.30. The summed E-state index contributed by atoms with van der Waals surface area (Å²) in [5, 5.41) is 3.30. The number of halogens is 1. The summed E-state index contributed by atoms with van der Waals surface area (Å²) in [5.41, 5.74) is 2.60. The molecule has 3 heteroatoms. The number of nitrogens with one attached hydrogen (secondary N) is 1. The van der Waals surface area contributed by atoms with E-state index in [0.29, 0.717) is 0 Å². The fourth-order valence-electron chi connectivity index (χ4n) is 1.47. The molecule has 0 aliphatic carbocycles. The number of rotatable bonds is 3. The molecular weight excluding hydrogens is 264 g/mol. The van der Waals surface area contributed by atoms with Gasteiger partial charge < -0.3 is 5.32 Å². The number of hydrogen-bond donors (Lipinski definition) is 1. The molecular formula is C13H13BrN2. The number of anilines is 1. The predicted molar refractivity (Wildman–Crippen MR) is 70.4 cm³/mol. The molecule has 0 aliphatic heterocycles. The normalized spacial score (nSPS) is 10.1. The van der Waals surface area contributed by atoms with Crippen LogP contribution in [0.3, 0.4) is 0 Å². The van der Waals surface area contributed by atoms with Crippen LogP contribution in [0.25, 0.3) is 0 Å². The minimum Gasteiger partial charge on any atom is -0.366 e. The number of pyridine rings is 1. The van der Waals surface area contributed by atoms with E-state index in [2.05, 4.69) is 57.4 Å². The molecule has 1 aromatic heterocycles. The van der Waals surface area contributed by atoms with Gasteiger partial charge in [0.1, 0.15) is 5.82 Å². The summed E-state index contributed by atoms with van der Waals surface area (Å²) in [4.78, 5) is 4.27. The monoisotopic (exact) mass is 276 g/mol. The van der Waals surface area contributed by atoms with Gasteiger partial charge in [-0.3, -0.25) is 0 Å². The van der Waals surface area contributed by atoms with Gasteiger partial charge in [0, 0.05) is 17.2 Å². The van der Waals surface area contributed by atoms with E-state index >= 15 is 0 Å². The van der Waals surface area contributed by atoms with Crippen molar-refractivity contribution in [2.45, 2.75) is 13.5 Å². The van der Waals surface area contributed by atoms with E-state index in [9.17, 15) is 0 Å². The highest BCUT2D eigenvalue weighted by Gasteiger charge is 1.97. The van der Waals surface area contributed by atoms with Gasteiger partial charge in [0.05, 0.1) is 0 Å². The maximum absolute atomic E-state index is 4.27. The second kappa shape index (κ2) is 5.12. The van der Waals surface area contributed by atoms with Gasteiger partial charge in [-0.2, -0.15) is 0 Å². The first-order valence-electron chi connectivity index (χ1n) is 5.15. The Balaban J connectivity index is 2.02. The van der Waals surface area contributed by atoms with E-state index in [1.165, 1.54) is 11.1 Å². The maximum atomic E-state index is 4.27. The molecule has 0 amide bonds. The highest BCUT2D eigenvalue weighted by Crippen LogP contribution is 2.13. The zero-order valence-electron chi connectivity index (χ0n) is 9.07. The zero-order chi connectivity index (χ0) is 11.4. The van der Waals surface area contributed by atoms with Crippen molar-refractivity contribution in [3.63, 3.8) is 0 Å². The molecule has 0 saturated carbocycles. The van der Waals surface area contributed by atoms with Gasteiger partial charge in [0.2, 0.25) is 0 Å². The van der Waals surface area contributed by atoms with Gasteiger partial charge in [0.15, 0.2) is 0 Å².